The summed E-state index contributed by atoms with van der Waals surface area (Å²) in [5, 5.41) is 6.52. The Kier molecular flexibility index (Phi) is 7.44. The second-order valence-electron chi connectivity index (χ2n) is 5.16. The van der Waals surface area contributed by atoms with Crippen molar-refractivity contribution < 1.29 is 4.79 Å². The Morgan fingerprint density at radius 1 is 1.12 bits per heavy atom. The van der Waals surface area contributed by atoms with Gasteiger partial charge in [-0.1, -0.05) is 27.7 Å². The number of carbonyl (C=O) groups excluding carboxylic acids is 1. The van der Waals surface area contributed by atoms with Crippen LogP contribution >= 0.6 is 0 Å². The van der Waals surface area contributed by atoms with Gasteiger partial charge in [-0.25, -0.2) is 0 Å². The second kappa shape index (κ2) is 7.70. The molecule has 0 aromatic carbocycles. The smallest absolute Gasteiger partial charge is 0.237 e. The molecule has 0 bridgehead atoms. The molecule has 0 rings (SSSR count). The van der Waals surface area contributed by atoms with E-state index in [2.05, 4.69) is 45.3 Å². The summed E-state index contributed by atoms with van der Waals surface area (Å²) >= 11 is 0. The van der Waals surface area contributed by atoms with Crippen molar-refractivity contribution in [2.45, 2.75) is 84.8 Å². The minimum absolute atomic E-state index is 0.0602. The number of hydrogen-bond donors (Lipinski definition) is 2. The summed E-state index contributed by atoms with van der Waals surface area (Å²) in [6, 6.07) is 0.182. The Balaban J connectivity index is 4.31. The summed E-state index contributed by atoms with van der Waals surface area (Å²) in [5.74, 6) is 0.117. The highest BCUT2D eigenvalue weighted by Crippen LogP contribution is 2.14. The van der Waals surface area contributed by atoms with Crippen LogP contribution in [0.2, 0.25) is 0 Å². The first-order valence-corrected chi connectivity index (χ1v) is 7.00. The molecule has 0 aliphatic rings. The van der Waals surface area contributed by atoms with Crippen molar-refractivity contribution in [1.82, 2.24) is 10.6 Å². The highest BCUT2D eigenvalue weighted by Gasteiger charge is 2.25. The summed E-state index contributed by atoms with van der Waals surface area (Å²) in [5.41, 5.74) is 0.0602. The van der Waals surface area contributed by atoms with Crippen LogP contribution in [0, 0.1) is 0 Å². The van der Waals surface area contributed by atoms with E-state index in [4.69, 9.17) is 0 Å². The lowest BCUT2D eigenvalue weighted by Crippen LogP contribution is -2.53. The lowest BCUT2D eigenvalue weighted by atomic mass is 9.94. The first kappa shape index (κ1) is 16.4. The van der Waals surface area contributed by atoms with Gasteiger partial charge in [0.1, 0.15) is 0 Å². The first-order chi connectivity index (χ1) is 7.92. The van der Waals surface area contributed by atoms with E-state index in [1.807, 2.05) is 6.92 Å². The molecule has 102 valence electrons. The van der Waals surface area contributed by atoms with E-state index in [1.165, 1.54) is 0 Å². The van der Waals surface area contributed by atoms with Crippen molar-refractivity contribution in [3.8, 4) is 0 Å². The second-order valence-corrected chi connectivity index (χ2v) is 5.16. The highest BCUT2D eigenvalue weighted by atomic mass is 16.2. The molecule has 0 spiro atoms. The molecule has 1 unspecified atom stereocenters. The molecule has 0 aliphatic carbocycles. The van der Waals surface area contributed by atoms with Crippen molar-refractivity contribution in [3.05, 3.63) is 0 Å². The fraction of sp³-hybridized carbons (Fsp3) is 0.929. The van der Waals surface area contributed by atoms with Crippen LogP contribution in [0.25, 0.3) is 0 Å². The molecule has 0 aliphatic heterocycles. The van der Waals surface area contributed by atoms with Crippen molar-refractivity contribution in [2.24, 2.45) is 0 Å². The van der Waals surface area contributed by atoms with Gasteiger partial charge in [0.25, 0.3) is 0 Å². The predicted octanol–water partition coefficient (Wildman–Crippen LogP) is 2.85. The Labute approximate surface area is 107 Å². The largest absolute Gasteiger partial charge is 0.352 e. The van der Waals surface area contributed by atoms with Crippen molar-refractivity contribution in [1.29, 1.82) is 0 Å². The van der Waals surface area contributed by atoms with Crippen LogP contribution in [-0.4, -0.2) is 23.5 Å². The quantitative estimate of drug-likeness (QED) is 0.687. The molecule has 0 aromatic rings. The van der Waals surface area contributed by atoms with Gasteiger partial charge in [-0.05, 0) is 39.5 Å². The predicted molar refractivity (Wildman–Crippen MR) is 74.1 cm³/mol. The number of carbonyl (C=O) groups is 1. The number of rotatable bonds is 8. The van der Waals surface area contributed by atoms with Gasteiger partial charge in [0, 0.05) is 11.6 Å². The van der Waals surface area contributed by atoms with Crippen LogP contribution in [-0.2, 0) is 4.79 Å². The maximum absolute atomic E-state index is 12.0. The third-order valence-corrected chi connectivity index (χ3v) is 3.85. The Hall–Kier alpha value is -0.570. The van der Waals surface area contributed by atoms with E-state index in [0.29, 0.717) is 6.04 Å². The molecule has 3 nitrogen and oxygen atoms in total. The summed E-state index contributed by atoms with van der Waals surface area (Å²) in [4.78, 5) is 12.0. The number of nitrogens with one attached hydrogen (secondary N) is 2. The van der Waals surface area contributed by atoms with Gasteiger partial charge >= 0.3 is 0 Å². The molecule has 0 aromatic heterocycles. The van der Waals surface area contributed by atoms with Gasteiger partial charge in [-0.2, -0.15) is 0 Å². The van der Waals surface area contributed by atoms with E-state index < -0.39 is 0 Å². The Bertz CT molecular complexity index is 220. The molecule has 3 heteroatoms. The van der Waals surface area contributed by atoms with Crippen molar-refractivity contribution in [3.63, 3.8) is 0 Å². The zero-order valence-electron chi connectivity index (χ0n) is 12.4. The summed E-state index contributed by atoms with van der Waals surface area (Å²) < 4.78 is 0. The molecule has 0 fully saturated rings. The summed E-state index contributed by atoms with van der Waals surface area (Å²) in [6.45, 7) is 12.6. The Morgan fingerprint density at radius 3 is 1.94 bits per heavy atom. The monoisotopic (exact) mass is 242 g/mol. The van der Waals surface area contributed by atoms with Crippen molar-refractivity contribution in [2.75, 3.05) is 0 Å². The minimum atomic E-state index is -0.125. The first-order valence-electron chi connectivity index (χ1n) is 7.00. The van der Waals surface area contributed by atoms with Gasteiger partial charge < -0.3 is 10.6 Å². The molecule has 0 saturated carbocycles. The topological polar surface area (TPSA) is 41.1 Å². The third kappa shape index (κ3) is 5.53. The van der Waals surface area contributed by atoms with E-state index in [9.17, 15) is 4.79 Å². The maximum atomic E-state index is 12.0. The molecule has 1 atom stereocenters. The van der Waals surface area contributed by atoms with Gasteiger partial charge in [0.05, 0.1) is 6.04 Å². The van der Waals surface area contributed by atoms with E-state index in [0.717, 1.165) is 25.7 Å². The molecule has 17 heavy (non-hydrogen) atoms. The van der Waals surface area contributed by atoms with E-state index in [-0.39, 0.29) is 17.5 Å². The molecule has 1 amide bonds. The van der Waals surface area contributed by atoms with Crippen LogP contribution in [0.1, 0.15) is 67.2 Å². The van der Waals surface area contributed by atoms with Crippen LogP contribution in [0.4, 0.5) is 0 Å². The zero-order chi connectivity index (χ0) is 13.5. The van der Waals surface area contributed by atoms with E-state index >= 15 is 0 Å². The van der Waals surface area contributed by atoms with Crippen molar-refractivity contribution >= 4 is 5.91 Å². The van der Waals surface area contributed by atoms with Gasteiger partial charge in [0.15, 0.2) is 0 Å². The van der Waals surface area contributed by atoms with Crippen LogP contribution < -0.4 is 10.6 Å². The highest BCUT2D eigenvalue weighted by molar-refractivity contribution is 5.81. The lowest BCUT2D eigenvalue weighted by Gasteiger charge is -2.32. The van der Waals surface area contributed by atoms with Crippen LogP contribution in [0.15, 0.2) is 0 Å². The molecule has 0 radical (unpaired) electrons. The standard InChI is InChI=1S/C14H30N2O/c1-7-12(8-2)15-13(17)11(5)16-14(6,9-3)10-4/h11-12,16H,7-10H2,1-6H3,(H,15,17). The lowest BCUT2D eigenvalue weighted by molar-refractivity contribution is -0.124. The zero-order valence-corrected chi connectivity index (χ0v) is 12.4. The fourth-order valence-corrected chi connectivity index (χ4v) is 1.86. The van der Waals surface area contributed by atoms with Gasteiger partial charge in [-0.3, -0.25) is 4.79 Å². The van der Waals surface area contributed by atoms with Crippen LogP contribution in [0.3, 0.4) is 0 Å². The van der Waals surface area contributed by atoms with E-state index in [1.54, 1.807) is 0 Å². The van der Waals surface area contributed by atoms with Gasteiger partial charge in [0.2, 0.25) is 5.91 Å². The maximum Gasteiger partial charge on any atom is 0.237 e. The minimum Gasteiger partial charge on any atom is -0.352 e. The molecular formula is C14H30N2O. The average molecular weight is 242 g/mol. The van der Waals surface area contributed by atoms with Gasteiger partial charge in [-0.15, -0.1) is 0 Å². The fourth-order valence-electron chi connectivity index (χ4n) is 1.86. The molecule has 2 N–H and O–H groups in total. The number of hydrogen-bond acceptors (Lipinski definition) is 2. The Morgan fingerprint density at radius 2 is 1.59 bits per heavy atom. The summed E-state index contributed by atoms with van der Waals surface area (Å²) in [6.07, 6.45) is 4.06. The molecule has 0 saturated heterocycles. The number of amides is 1. The molecular weight excluding hydrogens is 212 g/mol. The SMILES string of the molecule is CCC(CC)NC(=O)C(C)NC(C)(CC)CC. The normalized spacial score (nSPS) is 13.8. The third-order valence-electron chi connectivity index (χ3n) is 3.85. The average Bonchev–Trinajstić information content (AvgIpc) is 2.35. The molecule has 0 heterocycles. The summed E-state index contributed by atoms with van der Waals surface area (Å²) in [7, 11) is 0. The van der Waals surface area contributed by atoms with Crippen LogP contribution in [0.5, 0.6) is 0 Å².